The van der Waals surface area contributed by atoms with Crippen LogP contribution in [-0.4, -0.2) is 48.5 Å². The van der Waals surface area contributed by atoms with Crippen molar-refractivity contribution in [3.63, 3.8) is 0 Å². The van der Waals surface area contributed by atoms with E-state index < -0.39 is 0 Å². The molecule has 2 unspecified atom stereocenters. The molecule has 4 heterocycles. The number of hydrazone groups is 1. The highest BCUT2D eigenvalue weighted by molar-refractivity contribution is 8.01. The third-order valence-electron chi connectivity index (χ3n) is 5.44. The Morgan fingerprint density at radius 2 is 2.00 bits per heavy atom. The molecule has 1 aromatic heterocycles. The van der Waals surface area contributed by atoms with Crippen molar-refractivity contribution < 1.29 is 4.79 Å². The second-order valence-electron chi connectivity index (χ2n) is 6.92. The van der Waals surface area contributed by atoms with Crippen molar-refractivity contribution in [3.8, 4) is 0 Å². The predicted molar refractivity (Wildman–Crippen MR) is 112 cm³/mol. The summed E-state index contributed by atoms with van der Waals surface area (Å²) in [6, 6.07) is 10.2. The molecule has 27 heavy (non-hydrogen) atoms. The maximum absolute atomic E-state index is 13.1. The van der Waals surface area contributed by atoms with Crippen molar-refractivity contribution in [1.29, 1.82) is 0 Å². The van der Waals surface area contributed by atoms with Crippen LogP contribution >= 0.6 is 34.7 Å². The minimum Gasteiger partial charge on any atom is -0.367 e. The lowest BCUT2D eigenvalue weighted by Gasteiger charge is -2.37. The largest absolute Gasteiger partial charge is 0.367 e. The number of hydrogen-bond acceptors (Lipinski definition) is 6. The lowest BCUT2D eigenvalue weighted by Crippen LogP contribution is -2.51. The van der Waals surface area contributed by atoms with Gasteiger partial charge in [-0.3, -0.25) is 4.79 Å². The Balaban J connectivity index is 1.26. The predicted octanol–water partition coefficient (Wildman–Crippen LogP) is 3.47. The first-order valence-electron chi connectivity index (χ1n) is 9.04. The third-order valence-corrected chi connectivity index (χ3v) is 8.15. The first-order chi connectivity index (χ1) is 13.2. The van der Waals surface area contributed by atoms with Crippen molar-refractivity contribution in [2.75, 3.05) is 36.8 Å². The minimum atomic E-state index is 0.0769. The van der Waals surface area contributed by atoms with Crippen LogP contribution in [0.25, 0.3) is 0 Å². The number of nitrogens with one attached hydrogen (secondary N) is 1. The van der Waals surface area contributed by atoms with Crippen LogP contribution in [0.1, 0.15) is 11.6 Å². The maximum Gasteiger partial charge on any atom is 0.270 e. The average Bonchev–Trinajstić information content (AvgIpc) is 3.34. The highest BCUT2D eigenvalue weighted by Gasteiger charge is 2.42. The molecule has 5 nitrogen and oxygen atoms in total. The lowest BCUT2D eigenvalue weighted by molar-refractivity contribution is -0.124. The number of carbonyl (C=O) groups excluding carboxylic acids is 1. The summed E-state index contributed by atoms with van der Waals surface area (Å²) in [5.41, 5.74) is 6.24. The number of nitrogens with zero attached hydrogens (tertiary/aromatic N) is 3. The van der Waals surface area contributed by atoms with Crippen molar-refractivity contribution >= 4 is 52.0 Å². The number of halogens is 1. The Hall–Kier alpha value is -1.70. The zero-order valence-corrected chi connectivity index (χ0v) is 17.0. The molecule has 0 spiro atoms. The second-order valence-corrected chi connectivity index (χ2v) is 9.53. The topological polar surface area (TPSA) is 47.9 Å². The van der Waals surface area contributed by atoms with Crippen LogP contribution in [0.4, 0.5) is 5.69 Å². The van der Waals surface area contributed by atoms with E-state index in [0.717, 1.165) is 29.6 Å². The molecule has 8 heteroatoms. The number of anilines is 1. The minimum absolute atomic E-state index is 0.0769. The summed E-state index contributed by atoms with van der Waals surface area (Å²) in [7, 11) is 0. The van der Waals surface area contributed by atoms with Crippen LogP contribution in [-0.2, 0) is 4.79 Å². The summed E-state index contributed by atoms with van der Waals surface area (Å²) in [5.74, 6) is 1.15. The molecule has 5 rings (SSSR count). The van der Waals surface area contributed by atoms with Crippen LogP contribution in [0.3, 0.4) is 0 Å². The molecule has 0 aliphatic carbocycles. The van der Waals surface area contributed by atoms with Crippen molar-refractivity contribution in [3.05, 3.63) is 46.3 Å². The number of fused-ring (bicyclic) bond motifs is 3. The van der Waals surface area contributed by atoms with E-state index in [9.17, 15) is 4.79 Å². The number of rotatable bonds is 2. The van der Waals surface area contributed by atoms with Gasteiger partial charge in [0.25, 0.3) is 5.91 Å². The molecule has 0 radical (unpaired) electrons. The molecule has 1 N–H and O–H groups in total. The number of para-hydroxylation sites is 1. The molecule has 0 saturated carbocycles. The van der Waals surface area contributed by atoms with Crippen LogP contribution in [0.5, 0.6) is 0 Å². The standard InChI is InChI=1S/C19H19ClN4OS2/c20-14-3-1-2-4-15(14)23-6-8-24(9-7-23)18(25)17-13-11-27-19-12(5-10-26-19)16(13)21-22-17/h1-5,10,13,16,21H,6-9,11H2. The molecular weight excluding hydrogens is 400 g/mol. The maximum atomic E-state index is 13.1. The Kier molecular flexibility index (Phi) is 4.53. The SMILES string of the molecule is O=C(C1=NNC2c3ccsc3SCC12)N1CCN(c2ccccc2Cl)CC1. The quantitative estimate of drug-likeness (QED) is 0.811. The van der Waals surface area contributed by atoms with Crippen LogP contribution in [0.2, 0.25) is 5.02 Å². The van der Waals surface area contributed by atoms with Gasteiger partial charge in [-0.15, -0.1) is 23.1 Å². The van der Waals surface area contributed by atoms with E-state index in [1.807, 2.05) is 40.9 Å². The van der Waals surface area contributed by atoms with E-state index >= 15 is 0 Å². The summed E-state index contributed by atoms with van der Waals surface area (Å²) in [6.45, 7) is 2.95. The molecule has 2 aromatic rings. The lowest BCUT2D eigenvalue weighted by atomic mass is 9.92. The van der Waals surface area contributed by atoms with Crippen LogP contribution < -0.4 is 10.3 Å². The molecule has 3 aliphatic rings. The van der Waals surface area contributed by atoms with E-state index in [0.29, 0.717) is 18.8 Å². The van der Waals surface area contributed by atoms with E-state index in [1.54, 1.807) is 11.3 Å². The number of thiophene rings is 1. The Morgan fingerprint density at radius 3 is 2.81 bits per heavy atom. The van der Waals surface area contributed by atoms with Gasteiger partial charge in [0.05, 0.1) is 21.0 Å². The zero-order chi connectivity index (χ0) is 18.4. The zero-order valence-electron chi connectivity index (χ0n) is 14.6. The molecule has 1 amide bonds. The first-order valence-corrected chi connectivity index (χ1v) is 11.3. The van der Waals surface area contributed by atoms with Gasteiger partial charge in [-0.25, -0.2) is 0 Å². The van der Waals surface area contributed by atoms with Crippen LogP contribution in [0, 0.1) is 5.92 Å². The van der Waals surface area contributed by atoms with Gasteiger partial charge < -0.3 is 15.2 Å². The third kappa shape index (κ3) is 3.02. The Bertz CT molecular complexity index is 907. The fraction of sp³-hybridized carbons (Fsp3) is 0.368. The van der Waals surface area contributed by atoms with Crippen LogP contribution in [0.15, 0.2) is 45.0 Å². The summed E-state index contributed by atoms with van der Waals surface area (Å²) >= 11 is 9.93. The van der Waals surface area contributed by atoms with Gasteiger partial charge in [-0.05, 0) is 23.6 Å². The number of piperazine rings is 1. The first kappa shape index (κ1) is 17.4. The number of thioether (sulfide) groups is 1. The van der Waals surface area contributed by atoms with Gasteiger partial charge in [0.2, 0.25) is 0 Å². The smallest absolute Gasteiger partial charge is 0.270 e. The monoisotopic (exact) mass is 418 g/mol. The van der Waals surface area contributed by atoms with Gasteiger partial charge in [0.15, 0.2) is 0 Å². The average molecular weight is 419 g/mol. The van der Waals surface area contributed by atoms with Gasteiger partial charge >= 0.3 is 0 Å². The number of amides is 1. The van der Waals surface area contributed by atoms with E-state index in [2.05, 4.69) is 26.9 Å². The Morgan fingerprint density at radius 1 is 1.19 bits per heavy atom. The molecule has 2 atom stereocenters. The second kappa shape index (κ2) is 7.04. The summed E-state index contributed by atoms with van der Waals surface area (Å²) in [4.78, 5) is 17.3. The van der Waals surface area contributed by atoms with E-state index in [1.165, 1.54) is 9.77 Å². The molecule has 3 aliphatic heterocycles. The number of hydrogen-bond donors (Lipinski definition) is 1. The summed E-state index contributed by atoms with van der Waals surface area (Å²) in [5, 5.41) is 7.34. The van der Waals surface area contributed by atoms with Gasteiger partial charge in [-0.1, -0.05) is 23.7 Å². The van der Waals surface area contributed by atoms with Gasteiger partial charge in [0, 0.05) is 43.4 Å². The number of carbonyl (C=O) groups is 1. The van der Waals surface area contributed by atoms with Gasteiger partial charge in [0.1, 0.15) is 5.71 Å². The molecular formula is C19H19ClN4OS2. The fourth-order valence-electron chi connectivity index (χ4n) is 3.98. The van der Waals surface area contributed by atoms with Crippen molar-refractivity contribution in [2.45, 2.75) is 10.3 Å². The summed E-state index contributed by atoms with van der Waals surface area (Å²) < 4.78 is 1.35. The number of benzene rings is 1. The summed E-state index contributed by atoms with van der Waals surface area (Å²) in [6.07, 6.45) is 0. The highest BCUT2D eigenvalue weighted by Crippen LogP contribution is 2.45. The molecule has 1 saturated heterocycles. The fourth-order valence-corrected chi connectivity index (χ4v) is 6.59. The molecule has 140 valence electrons. The van der Waals surface area contributed by atoms with Crippen molar-refractivity contribution in [1.82, 2.24) is 10.3 Å². The molecule has 0 bridgehead atoms. The van der Waals surface area contributed by atoms with E-state index in [4.69, 9.17) is 11.6 Å². The van der Waals surface area contributed by atoms with E-state index in [-0.39, 0.29) is 17.9 Å². The van der Waals surface area contributed by atoms with Crippen molar-refractivity contribution in [2.24, 2.45) is 11.0 Å². The van der Waals surface area contributed by atoms with Gasteiger partial charge in [-0.2, -0.15) is 5.10 Å². The Labute approximate surface area is 171 Å². The molecule has 1 aromatic carbocycles. The normalized spacial score (nSPS) is 24.1. The molecule has 1 fully saturated rings. The highest BCUT2D eigenvalue weighted by atomic mass is 35.5.